The van der Waals surface area contributed by atoms with E-state index < -0.39 is 17.9 Å². The lowest BCUT2D eigenvalue weighted by Crippen LogP contribution is -2.15. The van der Waals surface area contributed by atoms with Gasteiger partial charge in [0.15, 0.2) is 0 Å². The fourth-order valence-electron chi connectivity index (χ4n) is 1.38. The molecule has 0 aliphatic carbocycles. The number of carboxylic acids is 2. The molecule has 1 unspecified atom stereocenters. The predicted molar refractivity (Wildman–Crippen MR) is 71.3 cm³/mol. The van der Waals surface area contributed by atoms with Gasteiger partial charge in [0.2, 0.25) is 0 Å². The maximum absolute atomic E-state index is 10.7. The van der Waals surface area contributed by atoms with Crippen molar-refractivity contribution in [2.75, 3.05) is 0 Å². The van der Waals surface area contributed by atoms with Crippen molar-refractivity contribution >= 4 is 11.9 Å². The fraction of sp³-hybridized carbons (Fsp3) is 0.667. The molecule has 0 aliphatic rings. The molecular weight excluding hydrogens is 236 g/mol. The Balaban J connectivity index is -0.00000112. The highest BCUT2D eigenvalue weighted by atomic mass is 16.4. The first-order valence-corrected chi connectivity index (χ1v) is 5.69. The van der Waals surface area contributed by atoms with Crippen molar-refractivity contribution < 1.29 is 19.8 Å². The van der Waals surface area contributed by atoms with Gasteiger partial charge in [-0.3, -0.25) is 9.59 Å². The zero-order valence-electron chi connectivity index (χ0n) is 11.1. The summed E-state index contributed by atoms with van der Waals surface area (Å²) in [6.45, 7) is 2.13. The Hall–Kier alpha value is -1.40. The maximum atomic E-state index is 10.7. The third-order valence-electron chi connectivity index (χ3n) is 2.30. The molecule has 1 atom stereocenters. The summed E-state index contributed by atoms with van der Waals surface area (Å²) in [5, 5.41) is 17.3. The summed E-state index contributed by atoms with van der Waals surface area (Å²) < 4.78 is 0. The monoisotopic (exact) mass is 262 g/mol. The van der Waals surface area contributed by atoms with E-state index in [9.17, 15) is 9.59 Å². The Kier molecular flexibility index (Phi) is 16.6. The highest BCUT2D eigenvalue weighted by Crippen LogP contribution is 2.08. The average Bonchev–Trinajstić information content (AvgIpc) is 2.20. The van der Waals surface area contributed by atoms with Gasteiger partial charge in [-0.2, -0.15) is 0 Å². The quantitative estimate of drug-likeness (QED) is 0.371. The zero-order valence-corrected chi connectivity index (χ0v) is 11.1. The molecule has 6 heteroatoms. The minimum Gasteiger partial charge on any atom is -0.481 e. The number of unbranched alkanes of at least 4 members (excludes halogenated alkanes) is 4. The normalized spacial score (nSPS) is 11.4. The molecule has 0 saturated carbocycles. The molecule has 0 heterocycles. The lowest BCUT2D eigenvalue weighted by Gasteiger charge is -2.03. The van der Waals surface area contributed by atoms with Crippen molar-refractivity contribution in [2.45, 2.75) is 45.4 Å². The molecule has 0 radical (unpaired) electrons. The summed E-state index contributed by atoms with van der Waals surface area (Å²) in [5.74, 6) is -3.06. The molecule has 0 saturated heterocycles. The average molecular weight is 262 g/mol. The molecule has 0 aromatic heterocycles. The van der Waals surface area contributed by atoms with Gasteiger partial charge in [-0.05, 0) is 12.8 Å². The van der Waals surface area contributed by atoms with E-state index in [0.717, 1.165) is 19.3 Å². The molecule has 8 N–H and O–H groups in total. The Morgan fingerprint density at radius 3 is 2.17 bits per heavy atom. The van der Waals surface area contributed by atoms with Crippen LogP contribution >= 0.6 is 0 Å². The Morgan fingerprint density at radius 2 is 1.72 bits per heavy atom. The second kappa shape index (κ2) is 13.7. The van der Waals surface area contributed by atoms with Crippen LogP contribution in [0.5, 0.6) is 0 Å². The molecule has 0 rings (SSSR count). The van der Waals surface area contributed by atoms with E-state index in [1.54, 1.807) is 6.08 Å². The van der Waals surface area contributed by atoms with Gasteiger partial charge in [-0.25, -0.2) is 0 Å². The fourth-order valence-corrected chi connectivity index (χ4v) is 1.38. The van der Waals surface area contributed by atoms with Crippen LogP contribution in [0.2, 0.25) is 0 Å². The van der Waals surface area contributed by atoms with Gasteiger partial charge in [0, 0.05) is 0 Å². The SMILES string of the molecule is CCCCCCC=CC(CC(=O)O)C(=O)O.N.N. The van der Waals surface area contributed by atoms with E-state index in [-0.39, 0.29) is 18.7 Å². The van der Waals surface area contributed by atoms with E-state index in [4.69, 9.17) is 10.2 Å². The smallest absolute Gasteiger partial charge is 0.310 e. The molecule has 6 nitrogen and oxygen atoms in total. The van der Waals surface area contributed by atoms with Crippen molar-refractivity contribution in [3.8, 4) is 0 Å². The van der Waals surface area contributed by atoms with Gasteiger partial charge < -0.3 is 22.5 Å². The lowest BCUT2D eigenvalue weighted by molar-refractivity contribution is -0.146. The molecule has 18 heavy (non-hydrogen) atoms. The number of carbonyl (C=O) groups is 2. The van der Waals surface area contributed by atoms with Crippen molar-refractivity contribution in [2.24, 2.45) is 5.92 Å². The van der Waals surface area contributed by atoms with Gasteiger partial charge in [0.25, 0.3) is 0 Å². The van der Waals surface area contributed by atoms with E-state index in [0.29, 0.717) is 0 Å². The predicted octanol–water partition coefficient (Wildman–Crippen LogP) is 3.01. The highest BCUT2D eigenvalue weighted by molar-refractivity contribution is 5.79. The molecule has 108 valence electrons. The van der Waals surface area contributed by atoms with Crippen LogP contribution < -0.4 is 12.3 Å². The number of rotatable bonds is 9. The van der Waals surface area contributed by atoms with Crippen molar-refractivity contribution in [3.63, 3.8) is 0 Å². The van der Waals surface area contributed by atoms with Crippen LogP contribution in [-0.2, 0) is 9.59 Å². The van der Waals surface area contributed by atoms with Crippen LogP contribution in [0.4, 0.5) is 0 Å². The van der Waals surface area contributed by atoms with Crippen LogP contribution in [0.15, 0.2) is 12.2 Å². The van der Waals surface area contributed by atoms with Crippen LogP contribution in [0.25, 0.3) is 0 Å². The molecule has 0 fully saturated rings. The summed E-state index contributed by atoms with van der Waals surface area (Å²) in [4.78, 5) is 21.1. The second-order valence-corrected chi connectivity index (χ2v) is 3.82. The third-order valence-corrected chi connectivity index (χ3v) is 2.30. The molecule has 0 bridgehead atoms. The topological polar surface area (TPSA) is 145 Å². The van der Waals surface area contributed by atoms with E-state index in [2.05, 4.69) is 6.92 Å². The Morgan fingerprint density at radius 1 is 1.11 bits per heavy atom. The van der Waals surface area contributed by atoms with Crippen LogP contribution in [0.3, 0.4) is 0 Å². The maximum Gasteiger partial charge on any atom is 0.310 e. The van der Waals surface area contributed by atoms with Crippen LogP contribution in [-0.4, -0.2) is 22.2 Å². The molecule has 0 amide bonds. The standard InChI is InChI=1S/C12H20O4.2H3N/c1-2-3-4-5-6-7-8-10(12(15)16)9-11(13)14;;/h7-8,10H,2-6,9H2,1H3,(H,13,14)(H,15,16);2*1H3. The van der Waals surface area contributed by atoms with E-state index in [1.165, 1.54) is 18.9 Å². The largest absolute Gasteiger partial charge is 0.481 e. The third kappa shape index (κ3) is 12.7. The Labute approximate surface area is 108 Å². The zero-order chi connectivity index (χ0) is 12.4. The second-order valence-electron chi connectivity index (χ2n) is 3.82. The number of aliphatic carboxylic acids is 2. The minimum atomic E-state index is -1.08. The molecule has 0 aromatic rings. The van der Waals surface area contributed by atoms with Crippen LogP contribution in [0, 0.1) is 5.92 Å². The lowest BCUT2D eigenvalue weighted by atomic mass is 10.0. The Bertz CT molecular complexity index is 254. The molecule has 0 spiro atoms. The number of hydrogen-bond donors (Lipinski definition) is 4. The van der Waals surface area contributed by atoms with Gasteiger partial charge in [0.1, 0.15) is 0 Å². The number of hydrogen-bond acceptors (Lipinski definition) is 4. The highest BCUT2D eigenvalue weighted by Gasteiger charge is 2.17. The summed E-state index contributed by atoms with van der Waals surface area (Å²) >= 11 is 0. The van der Waals surface area contributed by atoms with Gasteiger partial charge in [-0.15, -0.1) is 0 Å². The van der Waals surface area contributed by atoms with Gasteiger partial charge in [-0.1, -0.05) is 38.3 Å². The first-order valence-electron chi connectivity index (χ1n) is 5.69. The van der Waals surface area contributed by atoms with E-state index >= 15 is 0 Å². The van der Waals surface area contributed by atoms with Crippen molar-refractivity contribution in [1.29, 1.82) is 0 Å². The van der Waals surface area contributed by atoms with Crippen LogP contribution in [0.1, 0.15) is 45.4 Å². The summed E-state index contributed by atoms with van der Waals surface area (Å²) in [5.41, 5.74) is 0. The number of allylic oxidation sites excluding steroid dienone is 1. The van der Waals surface area contributed by atoms with Gasteiger partial charge in [0.05, 0.1) is 12.3 Å². The number of carboxylic acid groups (broad SMARTS) is 2. The van der Waals surface area contributed by atoms with Crippen molar-refractivity contribution in [1.82, 2.24) is 12.3 Å². The summed E-state index contributed by atoms with van der Waals surface area (Å²) in [6, 6.07) is 0. The minimum absolute atomic E-state index is 0. The summed E-state index contributed by atoms with van der Waals surface area (Å²) in [6.07, 6.45) is 8.26. The van der Waals surface area contributed by atoms with E-state index in [1.807, 2.05) is 0 Å². The molecular formula is C12H26N2O4. The first-order chi connectivity index (χ1) is 7.57. The molecule has 0 aliphatic heterocycles. The molecule has 0 aromatic carbocycles. The van der Waals surface area contributed by atoms with Gasteiger partial charge >= 0.3 is 11.9 Å². The first kappa shape index (κ1) is 21.8. The summed E-state index contributed by atoms with van der Waals surface area (Å²) in [7, 11) is 0. The van der Waals surface area contributed by atoms with Crippen molar-refractivity contribution in [3.05, 3.63) is 12.2 Å².